The summed E-state index contributed by atoms with van der Waals surface area (Å²) in [7, 11) is 0. The molecule has 3 amide bonds. The molecule has 1 aromatic carbocycles. The number of H-pyrrole nitrogens is 1. The topological polar surface area (TPSA) is 98.9 Å². The zero-order valence-corrected chi connectivity index (χ0v) is 15.9. The molecule has 0 saturated carbocycles. The van der Waals surface area contributed by atoms with Crippen molar-refractivity contribution >= 4 is 29.0 Å². The molecular weight excluding hydrogens is 362 g/mol. The first-order valence-electron chi connectivity index (χ1n) is 8.55. The summed E-state index contributed by atoms with van der Waals surface area (Å²) in [6.45, 7) is 4.17. The molecule has 0 spiro atoms. The van der Waals surface area contributed by atoms with E-state index >= 15 is 0 Å². The van der Waals surface area contributed by atoms with E-state index in [0.29, 0.717) is 17.9 Å². The predicted octanol–water partition coefficient (Wildman–Crippen LogP) is 3.60. The summed E-state index contributed by atoms with van der Waals surface area (Å²) in [5, 5.41) is 17.3. The first-order valence-corrected chi connectivity index (χ1v) is 9.43. The van der Waals surface area contributed by atoms with Gasteiger partial charge in [-0.25, -0.2) is 4.79 Å². The van der Waals surface area contributed by atoms with Crippen molar-refractivity contribution in [2.75, 3.05) is 5.32 Å². The smallest absolute Gasteiger partial charge is 0.319 e. The maximum absolute atomic E-state index is 12.3. The lowest BCUT2D eigenvalue weighted by molar-refractivity contribution is 0.0946. The fraction of sp³-hybridized carbons (Fsp3) is 0.211. The van der Waals surface area contributed by atoms with E-state index in [1.165, 1.54) is 0 Å². The van der Waals surface area contributed by atoms with Gasteiger partial charge in [-0.1, -0.05) is 18.2 Å². The van der Waals surface area contributed by atoms with Crippen molar-refractivity contribution < 1.29 is 9.59 Å². The van der Waals surface area contributed by atoms with Gasteiger partial charge in [-0.15, -0.1) is 11.3 Å². The van der Waals surface area contributed by atoms with Gasteiger partial charge in [0.05, 0.1) is 10.6 Å². The third kappa shape index (κ3) is 5.18. The average molecular weight is 383 g/mol. The third-order valence-corrected chi connectivity index (χ3v) is 4.58. The molecule has 0 unspecified atom stereocenters. The summed E-state index contributed by atoms with van der Waals surface area (Å²) in [5.74, 6) is -0.243. The second kappa shape index (κ2) is 8.50. The number of rotatable bonds is 6. The summed E-state index contributed by atoms with van der Waals surface area (Å²) in [4.78, 5) is 25.0. The molecule has 0 bridgehead atoms. The molecule has 0 aliphatic carbocycles. The Hall–Kier alpha value is -3.13. The van der Waals surface area contributed by atoms with Crippen LogP contribution < -0.4 is 16.0 Å². The Morgan fingerprint density at radius 3 is 2.63 bits per heavy atom. The van der Waals surface area contributed by atoms with Crippen LogP contribution in [0.3, 0.4) is 0 Å². The van der Waals surface area contributed by atoms with E-state index in [2.05, 4.69) is 26.1 Å². The van der Waals surface area contributed by atoms with Crippen LogP contribution in [0.2, 0.25) is 0 Å². The summed E-state index contributed by atoms with van der Waals surface area (Å²) < 4.78 is 0. The third-order valence-electron chi connectivity index (χ3n) is 3.68. The number of carbonyl (C=O) groups excluding carboxylic acids is 2. The van der Waals surface area contributed by atoms with Gasteiger partial charge in [-0.05, 0) is 49.1 Å². The summed E-state index contributed by atoms with van der Waals surface area (Å²) >= 11 is 1.58. The van der Waals surface area contributed by atoms with Crippen LogP contribution in [0.4, 0.5) is 10.5 Å². The van der Waals surface area contributed by atoms with Crippen LogP contribution in [0, 0.1) is 0 Å². The molecule has 7 nitrogen and oxygen atoms in total. The number of thiophene rings is 1. The van der Waals surface area contributed by atoms with Crippen LogP contribution in [0.5, 0.6) is 0 Å². The van der Waals surface area contributed by atoms with Gasteiger partial charge in [0.2, 0.25) is 0 Å². The van der Waals surface area contributed by atoms with Gasteiger partial charge in [-0.3, -0.25) is 9.89 Å². The van der Waals surface area contributed by atoms with Crippen molar-refractivity contribution in [3.63, 3.8) is 0 Å². The number of benzene rings is 1. The Labute approximate surface area is 161 Å². The van der Waals surface area contributed by atoms with E-state index in [1.807, 2.05) is 43.5 Å². The number of anilines is 1. The van der Waals surface area contributed by atoms with E-state index in [1.54, 1.807) is 29.5 Å². The quantitative estimate of drug-likeness (QED) is 0.523. The first kappa shape index (κ1) is 18.7. The Morgan fingerprint density at radius 2 is 1.96 bits per heavy atom. The molecule has 3 aromatic rings. The Morgan fingerprint density at radius 1 is 1.19 bits per heavy atom. The summed E-state index contributed by atoms with van der Waals surface area (Å²) in [5.41, 5.74) is 2.79. The minimum atomic E-state index is -0.244. The molecule has 4 N–H and O–H groups in total. The maximum Gasteiger partial charge on any atom is 0.319 e. The van der Waals surface area contributed by atoms with Crippen molar-refractivity contribution in [1.29, 1.82) is 0 Å². The molecule has 0 aliphatic heterocycles. The maximum atomic E-state index is 12.3. The Bertz CT molecular complexity index is 901. The number of aromatic nitrogens is 2. The van der Waals surface area contributed by atoms with E-state index in [9.17, 15) is 9.59 Å². The predicted molar refractivity (Wildman–Crippen MR) is 107 cm³/mol. The van der Waals surface area contributed by atoms with Crippen molar-refractivity contribution in [1.82, 2.24) is 20.8 Å². The molecule has 3 rings (SSSR count). The second-order valence-corrected chi connectivity index (χ2v) is 7.22. The molecule has 0 saturated heterocycles. The minimum absolute atomic E-state index is 0.0712. The van der Waals surface area contributed by atoms with Gasteiger partial charge in [-0.2, -0.15) is 5.10 Å². The lowest BCUT2D eigenvalue weighted by Gasteiger charge is -2.10. The van der Waals surface area contributed by atoms with Crippen LogP contribution in [-0.4, -0.2) is 28.2 Å². The standard InChI is InChI=1S/C19H21N5O2S/c1-12(2)21-19(26)22-14-7-5-13(6-8-14)11-20-18(25)16-10-15(23-24-16)17-4-3-9-27-17/h3-10,12H,11H2,1-2H3,(H,20,25)(H,23,24)(H2,21,22,26). The van der Waals surface area contributed by atoms with Gasteiger partial charge < -0.3 is 16.0 Å². The molecular formula is C19H21N5O2S. The largest absolute Gasteiger partial charge is 0.347 e. The van der Waals surface area contributed by atoms with Crippen molar-refractivity contribution in [3.8, 4) is 10.6 Å². The molecule has 0 aliphatic rings. The number of hydrogen-bond acceptors (Lipinski definition) is 4. The fourth-order valence-corrected chi connectivity index (χ4v) is 3.10. The molecule has 2 heterocycles. The zero-order chi connectivity index (χ0) is 19.2. The van der Waals surface area contributed by atoms with Crippen LogP contribution in [0.15, 0.2) is 47.8 Å². The highest BCUT2D eigenvalue weighted by atomic mass is 32.1. The summed E-state index contributed by atoms with van der Waals surface area (Å²) in [6.07, 6.45) is 0. The lowest BCUT2D eigenvalue weighted by atomic mass is 10.2. The van der Waals surface area contributed by atoms with Gasteiger partial charge >= 0.3 is 6.03 Å². The molecule has 27 heavy (non-hydrogen) atoms. The molecule has 2 aromatic heterocycles. The fourth-order valence-electron chi connectivity index (χ4n) is 2.40. The highest BCUT2D eigenvalue weighted by molar-refractivity contribution is 7.13. The number of urea groups is 1. The lowest BCUT2D eigenvalue weighted by Crippen LogP contribution is -2.34. The van der Waals surface area contributed by atoms with Crippen LogP contribution in [0.25, 0.3) is 10.6 Å². The Balaban J connectivity index is 1.52. The molecule has 8 heteroatoms. The highest BCUT2D eigenvalue weighted by Crippen LogP contribution is 2.22. The van der Waals surface area contributed by atoms with E-state index in [0.717, 1.165) is 16.1 Å². The van der Waals surface area contributed by atoms with E-state index < -0.39 is 0 Å². The molecule has 0 radical (unpaired) electrons. The molecule has 0 fully saturated rings. The number of nitrogens with one attached hydrogen (secondary N) is 4. The number of nitrogens with zero attached hydrogens (tertiary/aromatic N) is 1. The van der Waals surface area contributed by atoms with Gasteiger partial charge in [0.25, 0.3) is 5.91 Å². The number of aromatic amines is 1. The second-order valence-electron chi connectivity index (χ2n) is 6.28. The average Bonchev–Trinajstić information content (AvgIpc) is 3.31. The zero-order valence-electron chi connectivity index (χ0n) is 15.1. The van der Waals surface area contributed by atoms with Crippen molar-refractivity contribution in [2.45, 2.75) is 26.4 Å². The van der Waals surface area contributed by atoms with Crippen LogP contribution >= 0.6 is 11.3 Å². The number of carbonyl (C=O) groups is 2. The highest BCUT2D eigenvalue weighted by Gasteiger charge is 2.11. The van der Waals surface area contributed by atoms with E-state index in [4.69, 9.17) is 0 Å². The van der Waals surface area contributed by atoms with Gasteiger partial charge in [0.1, 0.15) is 0 Å². The SMILES string of the molecule is CC(C)NC(=O)Nc1ccc(CNC(=O)c2cc(-c3cccs3)[nH]n2)cc1. The molecule has 140 valence electrons. The summed E-state index contributed by atoms with van der Waals surface area (Å²) in [6, 6.07) is 12.8. The number of amides is 3. The number of hydrogen-bond donors (Lipinski definition) is 4. The van der Waals surface area contributed by atoms with Crippen LogP contribution in [-0.2, 0) is 6.54 Å². The van der Waals surface area contributed by atoms with Crippen LogP contribution in [0.1, 0.15) is 29.9 Å². The minimum Gasteiger partial charge on any atom is -0.347 e. The molecule has 0 atom stereocenters. The van der Waals surface area contributed by atoms with Crippen molar-refractivity contribution in [2.24, 2.45) is 0 Å². The monoisotopic (exact) mass is 383 g/mol. The Kier molecular flexibility index (Phi) is 5.87. The van der Waals surface area contributed by atoms with Gasteiger partial charge in [0.15, 0.2) is 5.69 Å². The van der Waals surface area contributed by atoms with Gasteiger partial charge in [0, 0.05) is 18.3 Å². The van der Waals surface area contributed by atoms with Crippen molar-refractivity contribution in [3.05, 3.63) is 59.1 Å². The first-order chi connectivity index (χ1) is 13.0. The van der Waals surface area contributed by atoms with E-state index in [-0.39, 0.29) is 18.0 Å². The normalized spacial score (nSPS) is 10.6.